The zero-order valence-electron chi connectivity index (χ0n) is 13.4. The minimum atomic E-state index is -1.01. The minimum absolute atomic E-state index is 0.0110. The molecule has 130 valence electrons. The average molecular weight is 345 g/mol. The number of ether oxygens (including phenoxy) is 2. The van der Waals surface area contributed by atoms with Gasteiger partial charge in [-0.25, -0.2) is 0 Å². The molecule has 0 spiro atoms. The van der Waals surface area contributed by atoms with Crippen molar-refractivity contribution < 1.29 is 24.0 Å². The number of carbonyl (C=O) groups is 2. The van der Waals surface area contributed by atoms with Crippen LogP contribution in [-0.4, -0.2) is 31.0 Å². The van der Waals surface area contributed by atoms with Gasteiger partial charge in [0, 0.05) is 12.1 Å². The van der Waals surface area contributed by atoms with Gasteiger partial charge in [-0.05, 0) is 18.2 Å². The first-order valence-corrected chi connectivity index (χ1v) is 7.04. The Bertz CT molecular complexity index is 821. The number of nitrogens with zero attached hydrogens (tertiary/aromatic N) is 1. The van der Waals surface area contributed by atoms with Crippen LogP contribution < -0.4 is 20.1 Å². The van der Waals surface area contributed by atoms with E-state index in [0.717, 1.165) is 6.07 Å². The Labute approximate surface area is 142 Å². The molecule has 9 heteroatoms. The molecule has 2 N–H and O–H groups in total. The van der Waals surface area contributed by atoms with E-state index in [4.69, 9.17) is 9.47 Å². The van der Waals surface area contributed by atoms with Crippen LogP contribution in [-0.2, 0) is 9.59 Å². The van der Waals surface area contributed by atoms with E-state index in [0.29, 0.717) is 11.4 Å². The lowest BCUT2D eigenvalue weighted by atomic mass is 10.2. The summed E-state index contributed by atoms with van der Waals surface area (Å²) in [5.74, 6) is -1.40. The molecule has 2 aromatic rings. The van der Waals surface area contributed by atoms with Crippen LogP contribution in [0.2, 0.25) is 0 Å². The van der Waals surface area contributed by atoms with Gasteiger partial charge in [-0.15, -0.1) is 0 Å². The van der Waals surface area contributed by atoms with Gasteiger partial charge in [0.1, 0.15) is 11.5 Å². The number of hydrogen-bond donors (Lipinski definition) is 2. The van der Waals surface area contributed by atoms with Gasteiger partial charge >= 0.3 is 11.8 Å². The molecule has 2 aromatic carbocycles. The number of nitrogens with one attached hydrogen (secondary N) is 2. The summed E-state index contributed by atoms with van der Waals surface area (Å²) in [4.78, 5) is 34.3. The molecular weight excluding hydrogens is 330 g/mol. The monoisotopic (exact) mass is 345 g/mol. The predicted molar refractivity (Wildman–Crippen MR) is 89.9 cm³/mol. The molecule has 25 heavy (non-hydrogen) atoms. The Morgan fingerprint density at radius 2 is 1.48 bits per heavy atom. The topological polar surface area (TPSA) is 120 Å². The Morgan fingerprint density at radius 3 is 2.08 bits per heavy atom. The number of amides is 2. The Balaban J connectivity index is 2.17. The van der Waals surface area contributed by atoms with E-state index >= 15 is 0 Å². The lowest BCUT2D eigenvalue weighted by Crippen LogP contribution is -2.29. The highest BCUT2D eigenvalue weighted by Crippen LogP contribution is 2.29. The molecule has 0 unspecified atom stereocenters. The Kier molecular flexibility index (Phi) is 5.51. The van der Waals surface area contributed by atoms with E-state index in [-0.39, 0.29) is 17.1 Å². The molecule has 0 atom stereocenters. The molecule has 0 saturated carbocycles. The molecule has 9 nitrogen and oxygen atoms in total. The number of anilines is 2. The third-order valence-electron chi connectivity index (χ3n) is 3.20. The number of hydrogen-bond acceptors (Lipinski definition) is 6. The number of carbonyl (C=O) groups excluding carboxylic acids is 2. The van der Waals surface area contributed by atoms with E-state index in [9.17, 15) is 19.7 Å². The second-order valence-corrected chi connectivity index (χ2v) is 4.75. The highest BCUT2D eigenvalue weighted by Gasteiger charge is 2.19. The molecule has 0 saturated heterocycles. The van der Waals surface area contributed by atoms with Gasteiger partial charge in [0.05, 0.1) is 30.5 Å². The quantitative estimate of drug-likeness (QED) is 0.487. The molecule has 0 radical (unpaired) electrons. The van der Waals surface area contributed by atoms with Crippen LogP contribution >= 0.6 is 0 Å². The summed E-state index contributed by atoms with van der Waals surface area (Å²) < 4.78 is 10.1. The largest absolute Gasteiger partial charge is 0.495 e. The van der Waals surface area contributed by atoms with Crippen LogP contribution in [0.3, 0.4) is 0 Å². The van der Waals surface area contributed by atoms with Crippen LogP contribution in [0, 0.1) is 10.1 Å². The summed E-state index contributed by atoms with van der Waals surface area (Å²) in [5, 5.41) is 15.5. The predicted octanol–water partition coefficient (Wildman–Crippen LogP) is 2.19. The summed E-state index contributed by atoms with van der Waals surface area (Å²) in [6.07, 6.45) is 0. The van der Waals surface area contributed by atoms with E-state index < -0.39 is 16.7 Å². The van der Waals surface area contributed by atoms with Crippen LogP contribution in [0.5, 0.6) is 11.5 Å². The zero-order valence-corrected chi connectivity index (χ0v) is 13.4. The fourth-order valence-corrected chi connectivity index (χ4v) is 2.01. The van der Waals surface area contributed by atoms with Crippen molar-refractivity contribution in [2.75, 3.05) is 24.9 Å². The highest BCUT2D eigenvalue weighted by molar-refractivity contribution is 6.44. The molecule has 0 aromatic heterocycles. The third kappa shape index (κ3) is 4.22. The summed E-state index contributed by atoms with van der Waals surface area (Å²) in [6, 6.07) is 10.2. The lowest BCUT2D eigenvalue weighted by molar-refractivity contribution is -0.384. The normalized spacial score (nSPS) is 9.84. The molecule has 0 heterocycles. The fraction of sp³-hybridized carbons (Fsp3) is 0.125. The van der Waals surface area contributed by atoms with Gasteiger partial charge in [-0.3, -0.25) is 19.7 Å². The number of rotatable bonds is 5. The number of nitro benzene ring substituents is 1. The molecule has 0 fully saturated rings. The summed E-state index contributed by atoms with van der Waals surface area (Å²) in [6.45, 7) is 0. The van der Waals surface area contributed by atoms with Gasteiger partial charge in [0.2, 0.25) is 0 Å². The van der Waals surface area contributed by atoms with Crippen molar-refractivity contribution in [1.82, 2.24) is 0 Å². The standard InChI is InChI=1S/C16H15N3O6/c1-24-13-6-4-3-5-11(13)17-15(20)16(21)18-12-9-10(19(22)23)7-8-14(12)25-2/h3-9H,1-2H3,(H,17,20)(H,18,21). The molecule has 0 bridgehead atoms. The van der Waals surface area contributed by atoms with Gasteiger partial charge < -0.3 is 20.1 Å². The molecule has 2 amide bonds. The number of non-ortho nitro benzene ring substituents is 1. The summed E-state index contributed by atoms with van der Waals surface area (Å²) >= 11 is 0. The second-order valence-electron chi connectivity index (χ2n) is 4.75. The maximum Gasteiger partial charge on any atom is 0.314 e. The van der Waals surface area contributed by atoms with Gasteiger partial charge in [-0.2, -0.15) is 0 Å². The SMILES string of the molecule is COc1ccccc1NC(=O)C(=O)Nc1cc([N+](=O)[O-])ccc1OC. The summed E-state index contributed by atoms with van der Waals surface area (Å²) in [7, 11) is 2.77. The van der Waals surface area contributed by atoms with Gasteiger partial charge in [-0.1, -0.05) is 12.1 Å². The van der Waals surface area contributed by atoms with Crippen molar-refractivity contribution in [2.45, 2.75) is 0 Å². The molecule has 2 rings (SSSR count). The third-order valence-corrected chi connectivity index (χ3v) is 3.20. The van der Waals surface area contributed by atoms with Crippen molar-refractivity contribution in [3.8, 4) is 11.5 Å². The molecule has 0 aliphatic carbocycles. The summed E-state index contributed by atoms with van der Waals surface area (Å²) in [5.41, 5.74) is 0.0780. The average Bonchev–Trinajstić information content (AvgIpc) is 2.61. The first-order valence-electron chi connectivity index (χ1n) is 7.04. The Morgan fingerprint density at radius 1 is 0.920 bits per heavy atom. The van der Waals surface area contributed by atoms with Crippen molar-refractivity contribution in [3.63, 3.8) is 0 Å². The first kappa shape index (κ1) is 17.7. The van der Waals surface area contributed by atoms with Crippen molar-refractivity contribution >= 4 is 28.9 Å². The smallest absolute Gasteiger partial charge is 0.314 e. The van der Waals surface area contributed by atoms with Gasteiger partial charge in [0.25, 0.3) is 5.69 Å². The van der Waals surface area contributed by atoms with Crippen LogP contribution in [0.1, 0.15) is 0 Å². The lowest BCUT2D eigenvalue weighted by Gasteiger charge is -2.11. The zero-order chi connectivity index (χ0) is 18.4. The van der Waals surface area contributed by atoms with Crippen LogP contribution in [0.25, 0.3) is 0 Å². The van der Waals surface area contributed by atoms with E-state index in [1.807, 2.05) is 0 Å². The number of benzene rings is 2. The van der Waals surface area contributed by atoms with E-state index in [1.165, 1.54) is 26.4 Å². The van der Waals surface area contributed by atoms with Gasteiger partial charge in [0.15, 0.2) is 0 Å². The van der Waals surface area contributed by atoms with Crippen LogP contribution in [0.15, 0.2) is 42.5 Å². The molecular formula is C16H15N3O6. The van der Waals surface area contributed by atoms with E-state index in [2.05, 4.69) is 10.6 Å². The maximum atomic E-state index is 12.1. The number of methoxy groups -OCH3 is 2. The van der Waals surface area contributed by atoms with Crippen molar-refractivity contribution in [3.05, 3.63) is 52.6 Å². The number of nitro groups is 1. The second kappa shape index (κ2) is 7.77. The van der Waals surface area contributed by atoms with E-state index in [1.54, 1.807) is 24.3 Å². The minimum Gasteiger partial charge on any atom is -0.495 e. The first-order chi connectivity index (χ1) is 12.0. The number of para-hydroxylation sites is 2. The van der Waals surface area contributed by atoms with Crippen molar-refractivity contribution in [2.24, 2.45) is 0 Å². The molecule has 0 aliphatic heterocycles. The Hall–Kier alpha value is -3.62. The highest BCUT2D eigenvalue weighted by atomic mass is 16.6. The van der Waals surface area contributed by atoms with Crippen molar-refractivity contribution in [1.29, 1.82) is 0 Å². The maximum absolute atomic E-state index is 12.1. The fourth-order valence-electron chi connectivity index (χ4n) is 2.01. The van der Waals surface area contributed by atoms with Crippen LogP contribution in [0.4, 0.5) is 17.1 Å². The molecule has 0 aliphatic rings.